The van der Waals surface area contributed by atoms with E-state index in [9.17, 15) is 10.2 Å². The first-order valence-corrected chi connectivity index (χ1v) is 12.7. The molecule has 0 aromatic heterocycles. The highest BCUT2D eigenvalue weighted by molar-refractivity contribution is 5.85. The lowest BCUT2D eigenvalue weighted by Gasteiger charge is -2.21. The van der Waals surface area contributed by atoms with Crippen LogP contribution in [0.25, 0.3) is 0 Å². The van der Waals surface area contributed by atoms with Crippen molar-refractivity contribution in [1.29, 1.82) is 0 Å². The third kappa shape index (κ3) is 8.40. The smallest absolute Gasteiger partial charge is 0.126 e. The van der Waals surface area contributed by atoms with E-state index in [-0.39, 0.29) is 11.5 Å². The largest absolute Gasteiger partial charge is 0.507 e. The molecule has 0 heterocycles. The molecule has 0 saturated heterocycles. The first kappa shape index (κ1) is 27.2. The molecule has 0 aliphatic carbocycles. The fraction of sp³-hybridized carbons (Fsp3) is 0.500. The molecule has 2 aromatic rings. The number of aliphatic imine (C=N–C) groups is 2. The molecule has 0 atom stereocenters. The average Bonchev–Trinajstić information content (AvgIpc) is 2.84. The maximum Gasteiger partial charge on any atom is 0.126 e. The van der Waals surface area contributed by atoms with E-state index < -0.39 is 0 Å². The van der Waals surface area contributed by atoms with Gasteiger partial charge in [0.1, 0.15) is 11.5 Å². The van der Waals surface area contributed by atoms with Gasteiger partial charge < -0.3 is 20.0 Å². The van der Waals surface area contributed by atoms with E-state index in [0.29, 0.717) is 0 Å². The number of aromatic hydroxyl groups is 2. The predicted octanol–water partition coefficient (Wildman–Crippen LogP) is 5.89. The second-order valence-electron chi connectivity index (χ2n) is 8.32. The van der Waals surface area contributed by atoms with Gasteiger partial charge in [0.15, 0.2) is 0 Å². The molecule has 0 bridgehead atoms. The van der Waals surface area contributed by atoms with Crippen LogP contribution in [0.15, 0.2) is 46.4 Å². The molecular weight excluding hydrogens is 424 g/mol. The molecule has 0 spiro atoms. The van der Waals surface area contributed by atoms with Crippen LogP contribution < -0.4 is 9.80 Å². The molecule has 0 saturated carbocycles. The van der Waals surface area contributed by atoms with Crippen molar-refractivity contribution in [2.45, 2.75) is 53.4 Å². The maximum absolute atomic E-state index is 10.3. The highest BCUT2D eigenvalue weighted by atomic mass is 16.3. The van der Waals surface area contributed by atoms with Crippen LogP contribution in [-0.2, 0) is 0 Å². The summed E-state index contributed by atoms with van der Waals surface area (Å²) in [5.41, 5.74) is 3.60. The lowest BCUT2D eigenvalue weighted by atomic mass is 10.1. The standard InChI is InChI=1S/C28H42N4O2/c1-5-31(6-2)25-15-13-23(27(33)19-25)21-29-17-11-9-10-12-18-30-22-24-14-16-26(20-28(24)34)32(7-3)8-4/h13-16,19-22,33-34H,5-12,17-18H2,1-4H3. The first-order valence-electron chi connectivity index (χ1n) is 12.7. The number of hydrogen-bond donors (Lipinski definition) is 2. The van der Waals surface area contributed by atoms with Crippen LogP contribution in [0.4, 0.5) is 11.4 Å². The number of phenols is 2. The Kier molecular flexibility index (Phi) is 12.0. The Labute approximate surface area is 205 Å². The lowest BCUT2D eigenvalue weighted by molar-refractivity contribution is 0.474. The summed E-state index contributed by atoms with van der Waals surface area (Å²) in [7, 11) is 0. The van der Waals surface area contributed by atoms with Crippen molar-refractivity contribution >= 4 is 23.8 Å². The van der Waals surface area contributed by atoms with Gasteiger partial charge in [0, 0.05) is 86.3 Å². The van der Waals surface area contributed by atoms with Crippen LogP contribution in [0.2, 0.25) is 0 Å². The Hall–Kier alpha value is -3.02. The Bertz CT molecular complexity index is 843. The summed E-state index contributed by atoms with van der Waals surface area (Å²) in [6.07, 6.45) is 7.78. The summed E-state index contributed by atoms with van der Waals surface area (Å²) < 4.78 is 0. The molecule has 2 N–H and O–H groups in total. The van der Waals surface area contributed by atoms with E-state index in [4.69, 9.17) is 0 Å². The zero-order valence-electron chi connectivity index (χ0n) is 21.4. The van der Waals surface area contributed by atoms with Crippen LogP contribution in [0.1, 0.15) is 64.5 Å². The second-order valence-corrected chi connectivity index (χ2v) is 8.32. The summed E-state index contributed by atoms with van der Waals surface area (Å²) >= 11 is 0. The minimum absolute atomic E-state index is 0.278. The number of nitrogens with zero attached hydrogens (tertiary/aromatic N) is 4. The molecule has 0 radical (unpaired) electrons. The van der Waals surface area contributed by atoms with Crippen LogP contribution >= 0.6 is 0 Å². The Morgan fingerprint density at radius 2 is 1.00 bits per heavy atom. The van der Waals surface area contributed by atoms with Crippen molar-refractivity contribution < 1.29 is 10.2 Å². The Balaban J connectivity index is 1.66. The molecule has 0 unspecified atom stereocenters. The molecule has 0 fully saturated rings. The quantitative estimate of drug-likeness (QED) is 0.254. The molecule has 0 amide bonds. The Morgan fingerprint density at radius 3 is 1.32 bits per heavy atom. The topological polar surface area (TPSA) is 71.7 Å². The minimum atomic E-state index is 0.278. The molecular formula is C28H42N4O2. The highest BCUT2D eigenvalue weighted by Crippen LogP contribution is 2.24. The molecule has 34 heavy (non-hydrogen) atoms. The maximum atomic E-state index is 10.3. The van der Waals surface area contributed by atoms with Gasteiger partial charge in [-0.2, -0.15) is 0 Å². The zero-order chi connectivity index (χ0) is 24.8. The monoisotopic (exact) mass is 466 g/mol. The van der Waals surface area contributed by atoms with E-state index in [0.717, 1.165) is 87.5 Å². The molecule has 6 nitrogen and oxygen atoms in total. The summed E-state index contributed by atoms with van der Waals surface area (Å²) in [6.45, 7) is 13.6. The zero-order valence-corrected chi connectivity index (χ0v) is 21.4. The normalized spacial score (nSPS) is 11.5. The number of unbranched alkanes of at least 4 members (excludes halogenated alkanes) is 3. The van der Waals surface area contributed by atoms with Crippen molar-refractivity contribution in [3.05, 3.63) is 47.5 Å². The molecule has 186 valence electrons. The van der Waals surface area contributed by atoms with E-state index in [1.165, 1.54) is 0 Å². The van der Waals surface area contributed by atoms with E-state index in [1.54, 1.807) is 12.4 Å². The van der Waals surface area contributed by atoms with Crippen molar-refractivity contribution in [2.75, 3.05) is 49.1 Å². The second kappa shape index (κ2) is 15.0. The van der Waals surface area contributed by atoms with Crippen molar-refractivity contribution in [2.24, 2.45) is 9.98 Å². The summed E-state index contributed by atoms with van der Waals surface area (Å²) in [5.74, 6) is 0.555. The van der Waals surface area contributed by atoms with E-state index in [2.05, 4.69) is 47.5 Å². The van der Waals surface area contributed by atoms with Crippen molar-refractivity contribution in [3.63, 3.8) is 0 Å². The fourth-order valence-corrected chi connectivity index (χ4v) is 3.94. The number of phenolic OH excluding ortho intramolecular Hbond substituents is 2. The molecule has 2 rings (SSSR count). The fourth-order valence-electron chi connectivity index (χ4n) is 3.94. The SMILES string of the molecule is CCN(CC)c1ccc(C=NCCCCCCN=Cc2ccc(N(CC)CC)cc2O)c(O)c1. The number of rotatable bonds is 15. The van der Waals surface area contributed by atoms with Gasteiger partial charge >= 0.3 is 0 Å². The average molecular weight is 467 g/mol. The van der Waals surface area contributed by atoms with E-state index in [1.807, 2.05) is 36.4 Å². The third-order valence-corrected chi connectivity index (χ3v) is 6.07. The number of hydrogen-bond acceptors (Lipinski definition) is 6. The molecule has 0 aliphatic heterocycles. The molecule has 6 heteroatoms. The number of anilines is 2. The van der Waals surface area contributed by atoms with Crippen LogP contribution in [-0.4, -0.2) is 61.9 Å². The minimum Gasteiger partial charge on any atom is -0.507 e. The van der Waals surface area contributed by atoms with Gasteiger partial charge in [-0.1, -0.05) is 12.8 Å². The van der Waals surface area contributed by atoms with Gasteiger partial charge in [0.05, 0.1) is 0 Å². The van der Waals surface area contributed by atoms with Crippen LogP contribution in [0, 0.1) is 0 Å². The summed E-state index contributed by atoms with van der Waals surface area (Å²) in [5, 5.41) is 20.5. The van der Waals surface area contributed by atoms with Gasteiger partial charge in [-0.15, -0.1) is 0 Å². The predicted molar refractivity (Wildman–Crippen MR) is 147 cm³/mol. The summed E-state index contributed by atoms with van der Waals surface area (Å²) in [4.78, 5) is 13.4. The highest BCUT2D eigenvalue weighted by Gasteiger charge is 2.06. The Morgan fingerprint density at radius 1 is 0.618 bits per heavy atom. The van der Waals surface area contributed by atoms with Gasteiger partial charge in [-0.3, -0.25) is 9.98 Å². The third-order valence-electron chi connectivity index (χ3n) is 6.07. The first-order chi connectivity index (χ1) is 16.5. The van der Waals surface area contributed by atoms with Gasteiger partial charge in [-0.25, -0.2) is 0 Å². The van der Waals surface area contributed by atoms with Crippen LogP contribution in [0.3, 0.4) is 0 Å². The van der Waals surface area contributed by atoms with E-state index >= 15 is 0 Å². The number of benzene rings is 2. The summed E-state index contributed by atoms with van der Waals surface area (Å²) in [6, 6.07) is 11.6. The molecule has 2 aromatic carbocycles. The molecule has 0 aliphatic rings. The van der Waals surface area contributed by atoms with Crippen molar-refractivity contribution in [3.8, 4) is 11.5 Å². The van der Waals surface area contributed by atoms with Gasteiger partial charge in [0.25, 0.3) is 0 Å². The lowest BCUT2D eigenvalue weighted by Crippen LogP contribution is -2.21. The van der Waals surface area contributed by atoms with Gasteiger partial charge in [-0.05, 0) is 64.8 Å². The van der Waals surface area contributed by atoms with Crippen LogP contribution in [0.5, 0.6) is 11.5 Å². The van der Waals surface area contributed by atoms with Crippen molar-refractivity contribution in [1.82, 2.24) is 0 Å². The van der Waals surface area contributed by atoms with Gasteiger partial charge in [0.2, 0.25) is 0 Å².